The number of morpholine rings is 1. The van der Waals surface area contributed by atoms with Crippen LogP contribution < -0.4 is 5.32 Å². The highest BCUT2D eigenvalue weighted by Crippen LogP contribution is 2.23. The molecule has 25 heavy (non-hydrogen) atoms. The number of hydrogen-bond donors (Lipinski definition) is 1. The zero-order chi connectivity index (χ0) is 18.0. The van der Waals surface area contributed by atoms with Gasteiger partial charge in [0.1, 0.15) is 5.82 Å². The normalized spacial score (nSPS) is 27.5. The lowest BCUT2D eigenvalue weighted by atomic mass is 10.1. The molecule has 3 atom stereocenters. The molecule has 5 nitrogen and oxygen atoms in total. The molecule has 3 rings (SSSR count). The summed E-state index contributed by atoms with van der Waals surface area (Å²) in [5.41, 5.74) is 1.08. The van der Waals surface area contributed by atoms with Gasteiger partial charge in [0.05, 0.1) is 17.9 Å². The molecule has 138 valence electrons. The van der Waals surface area contributed by atoms with E-state index in [0.717, 1.165) is 44.6 Å². The Morgan fingerprint density at radius 3 is 2.72 bits per heavy atom. The lowest BCUT2D eigenvalue weighted by molar-refractivity contribution is -0.0712. The van der Waals surface area contributed by atoms with Gasteiger partial charge in [0.25, 0.3) is 0 Å². The maximum absolute atomic E-state index is 14.0. The van der Waals surface area contributed by atoms with Crippen LogP contribution in [0.3, 0.4) is 0 Å². The monoisotopic (exact) mass is 349 g/mol. The number of aryl methyl sites for hydroxylation is 1. The fourth-order valence-corrected chi connectivity index (χ4v) is 3.93. The van der Waals surface area contributed by atoms with E-state index in [1.165, 1.54) is 6.07 Å². The molecule has 2 aliphatic rings. The average molecular weight is 349 g/mol. The van der Waals surface area contributed by atoms with Gasteiger partial charge < -0.3 is 15.0 Å². The van der Waals surface area contributed by atoms with Crippen molar-refractivity contribution in [1.29, 1.82) is 0 Å². The van der Waals surface area contributed by atoms with Crippen molar-refractivity contribution in [3.05, 3.63) is 29.6 Å². The van der Waals surface area contributed by atoms with Gasteiger partial charge >= 0.3 is 6.03 Å². The second kappa shape index (κ2) is 7.70. The van der Waals surface area contributed by atoms with Crippen LogP contribution in [0.5, 0.6) is 0 Å². The lowest BCUT2D eigenvalue weighted by Gasteiger charge is -2.38. The van der Waals surface area contributed by atoms with E-state index in [1.54, 1.807) is 12.1 Å². The highest BCUT2D eigenvalue weighted by Gasteiger charge is 2.32. The Bertz CT molecular complexity index is 615. The number of hydrogen-bond acceptors (Lipinski definition) is 3. The molecule has 0 aromatic heterocycles. The van der Waals surface area contributed by atoms with Crippen LogP contribution >= 0.6 is 0 Å². The Morgan fingerprint density at radius 2 is 2.04 bits per heavy atom. The summed E-state index contributed by atoms with van der Waals surface area (Å²) >= 11 is 0. The summed E-state index contributed by atoms with van der Waals surface area (Å²) in [6.45, 7) is 9.35. The molecule has 2 aliphatic heterocycles. The first kappa shape index (κ1) is 18.1. The maximum atomic E-state index is 14.0. The predicted octanol–water partition coefficient (Wildman–Crippen LogP) is 3.24. The van der Waals surface area contributed by atoms with Crippen LogP contribution in [0, 0.1) is 12.7 Å². The summed E-state index contributed by atoms with van der Waals surface area (Å²) in [6.07, 6.45) is 2.41. The lowest BCUT2D eigenvalue weighted by Crippen LogP contribution is -2.51. The van der Waals surface area contributed by atoms with E-state index in [2.05, 4.69) is 24.1 Å². The second-order valence-corrected chi connectivity index (χ2v) is 7.38. The molecule has 0 bridgehead atoms. The molecule has 2 fully saturated rings. The maximum Gasteiger partial charge on any atom is 0.322 e. The van der Waals surface area contributed by atoms with Crippen LogP contribution in [0.15, 0.2) is 18.2 Å². The van der Waals surface area contributed by atoms with Gasteiger partial charge in [-0.3, -0.25) is 4.90 Å². The van der Waals surface area contributed by atoms with Gasteiger partial charge in [0.15, 0.2) is 0 Å². The largest absolute Gasteiger partial charge is 0.373 e. The van der Waals surface area contributed by atoms with Crippen LogP contribution in [-0.4, -0.2) is 60.3 Å². The second-order valence-electron chi connectivity index (χ2n) is 7.38. The number of anilines is 1. The zero-order valence-electron chi connectivity index (χ0n) is 15.3. The fourth-order valence-electron chi connectivity index (χ4n) is 3.93. The minimum Gasteiger partial charge on any atom is -0.373 e. The fraction of sp³-hybridized carbons (Fsp3) is 0.632. The van der Waals surface area contributed by atoms with E-state index in [4.69, 9.17) is 4.74 Å². The highest BCUT2D eigenvalue weighted by atomic mass is 19.1. The molecule has 1 aromatic rings. The van der Waals surface area contributed by atoms with Crippen molar-refractivity contribution < 1.29 is 13.9 Å². The first-order valence-electron chi connectivity index (χ1n) is 9.14. The SMILES string of the molecule is Cc1ccc(NC(=O)N2CCC[C@@H]2CN2C[C@H](C)O[C@@H](C)C2)c(F)c1. The Balaban J connectivity index is 1.61. The van der Waals surface area contributed by atoms with Crippen molar-refractivity contribution in [3.8, 4) is 0 Å². The van der Waals surface area contributed by atoms with Crippen LogP contribution in [0.1, 0.15) is 32.3 Å². The van der Waals surface area contributed by atoms with E-state index >= 15 is 0 Å². The molecule has 1 aromatic carbocycles. The van der Waals surface area contributed by atoms with Gasteiger partial charge in [-0.05, 0) is 51.3 Å². The molecule has 0 unspecified atom stereocenters. The first-order chi connectivity index (χ1) is 11.9. The molecule has 2 heterocycles. The van der Waals surface area contributed by atoms with Crippen molar-refractivity contribution in [2.75, 3.05) is 31.5 Å². The van der Waals surface area contributed by atoms with Crippen molar-refractivity contribution in [3.63, 3.8) is 0 Å². The Morgan fingerprint density at radius 1 is 1.32 bits per heavy atom. The molecule has 0 radical (unpaired) electrons. The number of rotatable bonds is 3. The van der Waals surface area contributed by atoms with E-state index in [9.17, 15) is 9.18 Å². The number of nitrogens with one attached hydrogen (secondary N) is 1. The van der Waals surface area contributed by atoms with Gasteiger partial charge in [-0.15, -0.1) is 0 Å². The Labute approximate surface area is 149 Å². The van der Waals surface area contributed by atoms with Gasteiger partial charge in [-0.1, -0.05) is 6.07 Å². The van der Waals surface area contributed by atoms with Crippen molar-refractivity contribution in [2.24, 2.45) is 0 Å². The van der Waals surface area contributed by atoms with Gasteiger partial charge in [-0.25, -0.2) is 9.18 Å². The van der Waals surface area contributed by atoms with Crippen LogP contribution in [0.4, 0.5) is 14.9 Å². The van der Waals surface area contributed by atoms with Gasteiger partial charge in [0, 0.05) is 32.2 Å². The number of carbonyl (C=O) groups is 1. The molecular formula is C19H28FN3O2. The van der Waals surface area contributed by atoms with Crippen molar-refractivity contribution >= 4 is 11.7 Å². The van der Waals surface area contributed by atoms with Crippen molar-refractivity contribution in [1.82, 2.24) is 9.80 Å². The Hall–Kier alpha value is -1.66. The number of nitrogens with zero attached hydrogens (tertiary/aromatic N) is 2. The number of urea groups is 1. The smallest absolute Gasteiger partial charge is 0.322 e. The van der Waals surface area contributed by atoms with Gasteiger partial charge in [0.2, 0.25) is 0 Å². The minimum absolute atomic E-state index is 0.172. The minimum atomic E-state index is -0.389. The summed E-state index contributed by atoms with van der Waals surface area (Å²) in [5, 5.41) is 2.73. The summed E-state index contributed by atoms with van der Waals surface area (Å²) < 4.78 is 19.8. The molecule has 2 amide bonds. The van der Waals surface area contributed by atoms with E-state index in [1.807, 2.05) is 11.8 Å². The summed E-state index contributed by atoms with van der Waals surface area (Å²) in [5.74, 6) is -0.389. The van der Waals surface area contributed by atoms with E-state index in [0.29, 0.717) is 0 Å². The quantitative estimate of drug-likeness (QED) is 0.911. The number of amides is 2. The molecule has 2 saturated heterocycles. The molecule has 0 aliphatic carbocycles. The van der Waals surface area contributed by atoms with Crippen LogP contribution in [-0.2, 0) is 4.74 Å². The third-order valence-corrected chi connectivity index (χ3v) is 4.97. The predicted molar refractivity (Wildman–Crippen MR) is 96.3 cm³/mol. The molecule has 0 saturated carbocycles. The molecule has 1 N–H and O–H groups in total. The van der Waals surface area contributed by atoms with E-state index in [-0.39, 0.29) is 35.8 Å². The summed E-state index contributed by atoms with van der Waals surface area (Å²) in [6, 6.07) is 4.83. The molecule has 6 heteroatoms. The van der Waals surface area contributed by atoms with Crippen molar-refractivity contribution in [2.45, 2.75) is 51.9 Å². The van der Waals surface area contributed by atoms with Crippen LogP contribution in [0.25, 0.3) is 0 Å². The summed E-state index contributed by atoms with van der Waals surface area (Å²) in [4.78, 5) is 16.9. The number of halogens is 1. The number of benzene rings is 1. The highest BCUT2D eigenvalue weighted by molar-refractivity contribution is 5.89. The standard InChI is InChI=1S/C19H28FN3O2/c1-13-6-7-18(17(20)9-13)21-19(24)23-8-4-5-16(23)12-22-10-14(2)25-15(3)11-22/h6-7,9,14-16H,4-5,8,10-12H2,1-3H3,(H,21,24)/t14-,15-,16+/m0/s1. The number of carbonyl (C=O) groups excluding carboxylic acids is 1. The summed E-state index contributed by atoms with van der Waals surface area (Å²) in [7, 11) is 0. The van der Waals surface area contributed by atoms with Gasteiger partial charge in [-0.2, -0.15) is 0 Å². The topological polar surface area (TPSA) is 44.8 Å². The molecular weight excluding hydrogens is 321 g/mol. The Kier molecular flexibility index (Phi) is 5.59. The first-order valence-corrected chi connectivity index (χ1v) is 9.14. The van der Waals surface area contributed by atoms with Crippen LogP contribution in [0.2, 0.25) is 0 Å². The average Bonchev–Trinajstić information content (AvgIpc) is 2.97. The molecule has 0 spiro atoms. The zero-order valence-corrected chi connectivity index (χ0v) is 15.3. The van der Waals surface area contributed by atoms with E-state index < -0.39 is 0 Å². The number of ether oxygens (including phenoxy) is 1. The third-order valence-electron chi connectivity index (χ3n) is 4.97. The third kappa shape index (κ3) is 4.50. The number of likely N-dealkylation sites (tertiary alicyclic amines) is 1.